The molecule has 0 aliphatic heterocycles. The van der Waals surface area contributed by atoms with Crippen molar-refractivity contribution < 1.29 is 51.5 Å². The number of thioether (sulfide) groups is 3. The van der Waals surface area contributed by atoms with E-state index in [0.717, 1.165) is 131 Å². The van der Waals surface area contributed by atoms with Crippen LogP contribution in [-0.2, 0) is 80.3 Å². The molecule has 1 aromatic carbocycles. The molecular weight excluding hydrogens is 889 g/mol. The molecule has 12 nitrogen and oxygen atoms in total. The average Bonchev–Trinajstić information content (AvgIpc) is 3.17. The maximum atomic E-state index is 10.7. The van der Waals surface area contributed by atoms with Gasteiger partial charge in [0.1, 0.15) is 0 Å². The Morgan fingerprint density at radius 3 is 0.733 bits per heavy atom. The summed E-state index contributed by atoms with van der Waals surface area (Å²) in [6, 6.07) is 0. The number of benzene rings is 1. The van der Waals surface area contributed by atoms with Crippen molar-refractivity contribution in [2.75, 3.05) is 37.1 Å². The highest BCUT2D eigenvalue weighted by Crippen LogP contribution is 2.37. The fourth-order valence-corrected chi connectivity index (χ4v) is 11.8. The van der Waals surface area contributed by atoms with Gasteiger partial charge in [-0.2, -0.15) is 60.5 Å². The molecule has 0 spiro atoms. The maximum Gasteiger partial charge on any atom is 0.397 e. The van der Waals surface area contributed by atoms with E-state index in [2.05, 4.69) is 68.6 Å². The molecule has 0 saturated carbocycles. The average molecular weight is 967 g/mol. The number of hydrogen-bond donors (Lipinski definition) is 3. The number of hydrogen-bond acceptors (Lipinski definition) is 12. The molecule has 0 atom stereocenters. The lowest BCUT2D eigenvalue weighted by molar-refractivity contribution is 0.260. The van der Waals surface area contributed by atoms with Crippen molar-refractivity contribution in [1.82, 2.24) is 0 Å². The fraction of sp³-hybridized carbons (Fsp3) is 0.857. The third kappa shape index (κ3) is 30.9. The molecule has 0 amide bonds. The van der Waals surface area contributed by atoms with Crippen LogP contribution in [0, 0.1) is 0 Å². The van der Waals surface area contributed by atoms with Crippen LogP contribution < -0.4 is 0 Å². The normalized spacial score (nSPS) is 12.5. The second kappa shape index (κ2) is 35.2. The Labute approximate surface area is 378 Å². The zero-order valence-corrected chi connectivity index (χ0v) is 41.7. The molecule has 0 saturated heterocycles. The van der Waals surface area contributed by atoms with Gasteiger partial charge in [-0.25, -0.2) is 12.5 Å². The largest absolute Gasteiger partial charge is 0.397 e. The van der Waals surface area contributed by atoms with E-state index >= 15 is 0 Å². The second-order valence-electron chi connectivity index (χ2n) is 15.3. The van der Waals surface area contributed by atoms with Gasteiger partial charge in [0, 0.05) is 17.3 Å². The van der Waals surface area contributed by atoms with Crippen molar-refractivity contribution in [2.24, 2.45) is 0 Å². The predicted molar refractivity (Wildman–Crippen MR) is 253 cm³/mol. The molecule has 3 N–H and O–H groups in total. The summed E-state index contributed by atoms with van der Waals surface area (Å²) in [4.78, 5) is 0. The van der Waals surface area contributed by atoms with Crippen LogP contribution in [0.2, 0.25) is 0 Å². The van der Waals surface area contributed by atoms with Crippen LogP contribution in [0.25, 0.3) is 0 Å². The van der Waals surface area contributed by atoms with E-state index in [1.165, 1.54) is 38.5 Å². The molecule has 1 rings (SSSR count). The van der Waals surface area contributed by atoms with Crippen LogP contribution in [0.4, 0.5) is 0 Å². The van der Waals surface area contributed by atoms with Gasteiger partial charge in [0.2, 0.25) is 0 Å². The summed E-state index contributed by atoms with van der Waals surface area (Å²) in [5.41, 5.74) is 9.42. The Hall–Kier alpha value is -0.120. The summed E-state index contributed by atoms with van der Waals surface area (Å²) in [5.74, 6) is 6.54. The van der Waals surface area contributed by atoms with E-state index in [-0.39, 0.29) is 19.8 Å². The van der Waals surface area contributed by atoms with Crippen LogP contribution in [0.3, 0.4) is 0 Å². The lowest BCUT2D eigenvalue weighted by Gasteiger charge is -2.26. The Kier molecular flexibility index (Phi) is 33.9. The molecule has 0 radical (unpaired) electrons. The topological polar surface area (TPSA) is 191 Å². The van der Waals surface area contributed by atoms with Gasteiger partial charge in [0.05, 0.1) is 19.8 Å². The Balaban J connectivity index is 2.77. The maximum absolute atomic E-state index is 10.7. The first-order chi connectivity index (χ1) is 28.6. The first-order valence-corrected chi connectivity index (χ1v) is 29.9. The molecule has 1 aromatic rings. The van der Waals surface area contributed by atoms with E-state index < -0.39 is 31.2 Å². The minimum atomic E-state index is -4.34. The lowest BCUT2D eigenvalue weighted by atomic mass is 9.85. The summed E-state index contributed by atoms with van der Waals surface area (Å²) in [5, 5.41) is 0. The second-order valence-corrected chi connectivity index (χ2v) is 21.9. The minimum absolute atomic E-state index is 0.0345. The highest BCUT2D eigenvalue weighted by molar-refractivity contribution is 7.99. The summed E-state index contributed by atoms with van der Waals surface area (Å²) in [6.07, 6.45) is 24.7. The van der Waals surface area contributed by atoms with E-state index in [9.17, 15) is 25.3 Å². The van der Waals surface area contributed by atoms with E-state index in [0.29, 0.717) is 19.3 Å². The standard InChI is InChI=1S/C42H78O12S6/c1-4-37-40(34-55-31-25-19-13-7-10-16-22-28-52-58(43,44)45)38(5-2)42(36-57-33-27-21-15-9-12-18-24-30-54-60(49,50)51)39(6-3)41(37)35-56-32-26-20-14-8-11-17-23-29-53-59(46,47)48/h4-36H2,1-3H3,(H,43,44,45)(H,46,47,48)(H,49,50,51). The number of rotatable bonds is 42. The van der Waals surface area contributed by atoms with Crippen molar-refractivity contribution in [2.45, 2.75) is 192 Å². The molecule has 0 heterocycles. The molecule has 0 aromatic heterocycles. The zero-order valence-electron chi connectivity index (χ0n) is 36.8. The smallest absolute Gasteiger partial charge is 0.264 e. The van der Waals surface area contributed by atoms with E-state index in [4.69, 9.17) is 13.7 Å². The highest BCUT2D eigenvalue weighted by Gasteiger charge is 2.21. The first kappa shape index (κ1) is 57.9. The van der Waals surface area contributed by atoms with Crippen molar-refractivity contribution >= 4 is 66.5 Å². The monoisotopic (exact) mass is 966 g/mol. The summed E-state index contributed by atoms with van der Waals surface area (Å²) in [6.45, 7) is 7.07. The third-order valence-electron chi connectivity index (χ3n) is 10.5. The van der Waals surface area contributed by atoms with Gasteiger partial charge in [-0.3, -0.25) is 13.7 Å². The van der Waals surface area contributed by atoms with Crippen molar-refractivity contribution in [1.29, 1.82) is 0 Å². The van der Waals surface area contributed by atoms with Gasteiger partial charge < -0.3 is 0 Å². The third-order valence-corrected chi connectivity index (χ3v) is 15.1. The molecular formula is C42H78O12S6. The lowest BCUT2D eigenvalue weighted by Crippen LogP contribution is -2.12. The van der Waals surface area contributed by atoms with Gasteiger partial charge in [-0.1, -0.05) is 117 Å². The van der Waals surface area contributed by atoms with Crippen molar-refractivity contribution in [3.63, 3.8) is 0 Å². The Morgan fingerprint density at radius 1 is 0.333 bits per heavy atom. The van der Waals surface area contributed by atoms with Crippen LogP contribution in [-0.4, -0.2) is 76.0 Å². The molecule has 0 fully saturated rings. The van der Waals surface area contributed by atoms with E-state index in [1.54, 1.807) is 33.4 Å². The van der Waals surface area contributed by atoms with Crippen molar-refractivity contribution in [3.05, 3.63) is 33.4 Å². The zero-order chi connectivity index (χ0) is 44.5. The van der Waals surface area contributed by atoms with Gasteiger partial charge in [-0.15, -0.1) is 0 Å². The van der Waals surface area contributed by atoms with Gasteiger partial charge >= 0.3 is 31.2 Å². The molecule has 0 unspecified atom stereocenters. The number of unbranched alkanes of at least 4 members (excludes halogenated alkanes) is 18. The van der Waals surface area contributed by atoms with Gasteiger partial charge in [-0.05, 0) is 108 Å². The molecule has 18 heteroatoms. The predicted octanol–water partition coefficient (Wildman–Crippen LogP) is 11.7. The van der Waals surface area contributed by atoms with Crippen LogP contribution >= 0.6 is 35.3 Å². The van der Waals surface area contributed by atoms with Crippen LogP contribution in [0.15, 0.2) is 0 Å². The highest BCUT2D eigenvalue weighted by atomic mass is 32.3. The van der Waals surface area contributed by atoms with Gasteiger partial charge in [0.15, 0.2) is 0 Å². The Bertz CT molecular complexity index is 1380. The Morgan fingerprint density at radius 2 is 0.533 bits per heavy atom. The van der Waals surface area contributed by atoms with Crippen molar-refractivity contribution in [3.8, 4) is 0 Å². The fourth-order valence-electron chi connectivity index (χ4n) is 7.48. The minimum Gasteiger partial charge on any atom is -0.264 e. The molecule has 0 aliphatic rings. The van der Waals surface area contributed by atoms with Crippen LogP contribution in [0.5, 0.6) is 0 Å². The first-order valence-electron chi connectivity index (χ1n) is 22.4. The molecule has 0 bridgehead atoms. The van der Waals surface area contributed by atoms with Gasteiger partial charge in [0.25, 0.3) is 0 Å². The quantitative estimate of drug-likeness (QED) is 0.0414. The molecule has 0 aliphatic carbocycles. The summed E-state index contributed by atoms with van der Waals surface area (Å²) in [7, 11) is -13.0. The SMILES string of the molecule is CCc1c(CSCCCCCCCCCOS(=O)(=O)O)c(CC)c(CSCCCCCCCCCOS(=O)(=O)O)c(CC)c1CSCCCCCCCCCOS(=O)(=O)O. The van der Waals surface area contributed by atoms with Crippen LogP contribution in [0.1, 0.15) is 189 Å². The van der Waals surface area contributed by atoms with E-state index in [1.807, 2.05) is 0 Å². The summed E-state index contributed by atoms with van der Waals surface area (Å²) < 4.78 is 103. The summed E-state index contributed by atoms with van der Waals surface area (Å²) >= 11 is 6.20. The molecule has 60 heavy (non-hydrogen) atoms. The molecule has 354 valence electrons.